The number of nitrogens with zero attached hydrogens (tertiary/aromatic N) is 2. The highest BCUT2D eigenvalue weighted by Crippen LogP contribution is 2.30. The van der Waals surface area contributed by atoms with Crippen molar-refractivity contribution in [1.82, 2.24) is 9.78 Å². The zero-order valence-electron chi connectivity index (χ0n) is 6.40. The van der Waals surface area contributed by atoms with Gasteiger partial charge in [0, 0.05) is 12.7 Å². The van der Waals surface area contributed by atoms with Crippen molar-refractivity contribution in [3.8, 4) is 0 Å². The Kier molecular flexibility index (Phi) is 1.66. The molecule has 1 aromatic heterocycles. The molecular formula is C8H12N2O. The average Bonchev–Trinajstić information content (AvgIpc) is 2.68. The summed E-state index contributed by atoms with van der Waals surface area (Å²) in [5.74, 6) is 0.820. The summed E-state index contributed by atoms with van der Waals surface area (Å²) in [6.07, 6.45) is 4.39. The molecule has 0 amide bonds. The molecule has 0 aromatic carbocycles. The first-order valence-electron chi connectivity index (χ1n) is 4.01. The van der Waals surface area contributed by atoms with Crippen LogP contribution in [0, 0.1) is 5.92 Å². The lowest BCUT2D eigenvalue weighted by Crippen LogP contribution is -2.05. The van der Waals surface area contributed by atoms with Crippen LogP contribution in [0.25, 0.3) is 0 Å². The van der Waals surface area contributed by atoms with Crippen molar-refractivity contribution in [2.75, 3.05) is 0 Å². The van der Waals surface area contributed by atoms with Gasteiger partial charge in [0.05, 0.1) is 12.3 Å². The molecule has 0 aliphatic heterocycles. The molecule has 1 heterocycles. The summed E-state index contributed by atoms with van der Waals surface area (Å²) >= 11 is 0. The fourth-order valence-corrected chi connectivity index (χ4v) is 1.20. The molecule has 0 atom stereocenters. The lowest BCUT2D eigenvalue weighted by Gasteiger charge is -2.02. The Labute approximate surface area is 65.7 Å². The average molecular weight is 152 g/mol. The number of aliphatic hydroxyl groups is 1. The molecular weight excluding hydrogens is 140 g/mol. The summed E-state index contributed by atoms with van der Waals surface area (Å²) in [4.78, 5) is 0. The van der Waals surface area contributed by atoms with Gasteiger partial charge in [0.25, 0.3) is 0 Å². The van der Waals surface area contributed by atoms with Crippen LogP contribution < -0.4 is 0 Å². The first-order chi connectivity index (χ1) is 5.40. The van der Waals surface area contributed by atoms with Crippen molar-refractivity contribution < 1.29 is 5.11 Å². The Morgan fingerprint density at radius 3 is 3.09 bits per heavy atom. The lowest BCUT2D eigenvalue weighted by molar-refractivity contribution is 0.266. The van der Waals surface area contributed by atoms with E-state index in [0.29, 0.717) is 0 Å². The van der Waals surface area contributed by atoms with Gasteiger partial charge in [-0.15, -0.1) is 0 Å². The third kappa shape index (κ3) is 1.43. The fraction of sp³-hybridized carbons (Fsp3) is 0.625. The van der Waals surface area contributed by atoms with Crippen LogP contribution in [0.4, 0.5) is 0 Å². The van der Waals surface area contributed by atoms with Crippen LogP contribution >= 0.6 is 0 Å². The van der Waals surface area contributed by atoms with Crippen LogP contribution in [0.15, 0.2) is 12.3 Å². The number of hydrogen-bond acceptors (Lipinski definition) is 2. The van der Waals surface area contributed by atoms with Crippen LogP contribution in [0.5, 0.6) is 0 Å². The topological polar surface area (TPSA) is 38.1 Å². The molecule has 1 fully saturated rings. The van der Waals surface area contributed by atoms with E-state index < -0.39 is 0 Å². The molecule has 0 bridgehead atoms. The van der Waals surface area contributed by atoms with Crippen molar-refractivity contribution in [3.05, 3.63) is 18.0 Å². The normalized spacial score (nSPS) is 17.2. The molecule has 1 N–H and O–H groups in total. The van der Waals surface area contributed by atoms with E-state index >= 15 is 0 Å². The van der Waals surface area contributed by atoms with E-state index in [2.05, 4.69) is 5.10 Å². The van der Waals surface area contributed by atoms with Gasteiger partial charge in [-0.1, -0.05) is 0 Å². The summed E-state index contributed by atoms with van der Waals surface area (Å²) in [5.41, 5.74) is 0.928. The molecule has 1 aliphatic rings. The Balaban J connectivity index is 2.07. The minimum absolute atomic E-state index is 0.104. The lowest BCUT2D eigenvalue weighted by atomic mass is 10.4. The third-order valence-corrected chi connectivity index (χ3v) is 2.09. The second-order valence-corrected chi connectivity index (χ2v) is 3.11. The molecule has 0 spiro atoms. The molecule has 1 aromatic rings. The van der Waals surface area contributed by atoms with Gasteiger partial charge in [0.2, 0.25) is 0 Å². The zero-order valence-corrected chi connectivity index (χ0v) is 6.40. The van der Waals surface area contributed by atoms with Crippen LogP contribution in [0.2, 0.25) is 0 Å². The second kappa shape index (κ2) is 2.66. The van der Waals surface area contributed by atoms with E-state index in [4.69, 9.17) is 5.11 Å². The van der Waals surface area contributed by atoms with Crippen LogP contribution in [-0.2, 0) is 13.2 Å². The van der Waals surface area contributed by atoms with Crippen molar-refractivity contribution in [2.24, 2.45) is 5.92 Å². The van der Waals surface area contributed by atoms with Gasteiger partial charge in [-0.2, -0.15) is 5.10 Å². The summed E-state index contributed by atoms with van der Waals surface area (Å²) in [5, 5.41) is 13.0. The van der Waals surface area contributed by atoms with Gasteiger partial charge < -0.3 is 5.11 Å². The van der Waals surface area contributed by atoms with Gasteiger partial charge >= 0.3 is 0 Å². The highest BCUT2D eigenvalue weighted by atomic mass is 16.3. The van der Waals surface area contributed by atoms with E-state index in [0.717, 1.165) is 18.2 Å². The zero-order chi connectivity index (χ0) is 7.68. The van der Waals surface area contributed by atoms with Gasteiger partial charge in [-0.3, -0.25) is 4.68 Å². The first-order valence-corrected chi connectivity index (χ1v) is 4.01. The highest BCUT2D eigenvalue weighted by molar-refractivity contribution is 4.99. The third-order valence-electron chi connectivity index (χ3n) is 2.09. The van der Waals surface area contributed by atoms with Crippen LogP contribution in [0.3, 0.4) is 0 Å². The largest absolute Gasteiger partial charge is 0.390 e. The summed E-state index contributed by atoms with van der Waals surface area (Å²) < 4.78 is 1.90. The van der Waals surface area contributed by atoms with Crippen LogP contribution in [0.1, 0.15) is 18.5 Å². The molecule has 11 heavy (non-hydrogen) atoms. The Morgan fingerprint density at radius 2 is 2.45 bits per heavy atom. The Morgan fingerprint density at radius 1 is 1.64 bits per heavy atom. The number of hydrogen-bond donors (Lipinski definition) is 1. The predicted octanol–water partition coefficient (Wildman–Crippen LogP) is 0.785. The quantitative estimate of drug-likeness (QED) is 0.695. The molecule has 1 saturated carbocycles. The summed E-state index contributed by atoms with van der Waals surface area (Å²) in [6.45, 7) is 1.09. The smallest absolute Gasteiger partial charge is 0.0849 e. The highest BCUT2D eigenvalue weighted by Gasteiger charge is 2.22. The molecule has 0 radical (unpaired) electrons. The van der Waals surface area contributed by atoms with E-state index in [9.17, 15) is 0 Å². The predicted molar refractivity (Wildman–Crippen MR) is 40.9 cm³/mol. The van der Waals surface area contributed by atoms with Crippen molar-refractivity contribution in [3.63, 3.8) is 0 Å². The maximum Gasteiger partial charge on any atom is 0.0849 e. The van der Waals surface area contributed by atoms with Gasteiger partial charge in [-0.05, 0) is 24.8 Å². The minimum atomic E-state index is 0.104. The summed E-state index contributed by atoms with van der Waals surface area (Å²) in [6, 6.07) is 1.86. The van der Waals surface area contributed by atoms with Gasteiger partial charge in [0.1, 0.15) is 0 Å². The van der Waals surface area contributed by atoms with Crippen molar-refractivity contribution >= 4 is 0 Å². The van der Waals surface area contributed by atoms with Gasteiger partial charge in [0.15, 0.2) is 0 Å². The molecule has 3 heteroatoms. The second-order valence-electron chi connectivity index (χ2n) is 3.11. The molecule has 0 saturated heterocycles. The Bertz CT molecular complexity index is 240. The standard InChI is InChI=1S/C8H12N2O/c11-6-8-3-4-9-10(8)5-7-1-2-7/h3-4,7,11H,1-2,5-6H2. The van der Waals surface area contributed by atoms with E-state index in [1.807, 2.05) is 10.7 Å². The number of rotatable bonds is 3. The van der Waals surface area contributed by atoms with E-state index in [-0.39, 0.29) is 6.61 Å². The van der Waals surface area contributed by atoms with Crippen LogP contribution in [-0.4, -0.2) is 14.9 Å². The fourth-order valence-electron chi connectivity index (χ4n) is 1.20. The Hall–Kier alpha value is -0.830. The van der Waals surface area contributed by atoms with Gasteiger partial charge in [-0.25, -0.2) is 0 Å². The number of aromatic nitrogens is 2. The first kappa shape index (κ1) is 6.85. The van der Waals surface area contributed by atoms with E-state index in [1.54, 1.807) is 6.20 Å². The summed E-state index contributed by atoms with van der Waals surface area (Å²) in [7, 11) is 0. The van der Waals surface area contributed by atoms with Crippen molar-refractivity contribution in [1.29, 1.82) is 0 Å². The maximum absolute atomic E-state index is 8.88. The SMILES string of the molecule is OCc1ccnn1CC1CC1. The molecule has 2 rings (SSSR count). The van der Waals surface area contributed by atoms with Crippen molar-refractivity contribution in [2.45, 2.75) is 26.0 Å². The molecule has 1 aliphatic carbocycles. The minimum Gasteiger partial charge on any atom is -0.390 e. The molecule has 0 unspecified atom stereocenters. The maximum atomic E-state index is 8.88. The monoisotopic (exact) mass is 152 g/mol. The number of aliphatic hydroxyl groups excluding tert-OH is 1. The van der Waals surface area contributed by atoms with E-state index in [1.165, 1.54) is 12.8 Å². The molecule has 3 nitrogen and oxygen atoms in total. The molecule has 60 valence electrons.